The minimum absolute atomic E-state index is 0.355. The highest BCUT2D eigenvalue weighted by atomic mass is 16.2. The molecule has 1 amide bonds. The second kappa shape index (κ2) is 4.97. The van der Waals surface area contributed by atoms with Crippen molar-refractivity contribution >= 4 is 5.91 Å². The quantitative estimate of drug-likeness (QED) is 0.760. The molecule has 0 atom stereocenters. The monoisotopic (exact) mass is 210 g/mol. The molecular weight excluding hydrogens is 188 g/mol. The Morgan fingerprint density at radius 2 is 1.93 bits per heavy atom. The number of nitrogens with zero attached hydrogens (tertiary/aromatic N) is 1. The number of hydrogen-bond donors (Lipinski definition) is 1. The molecule has 0 unspecified atom stereocenters. The van der Waals surface area contributed by atoms with Gasteiger partial charge in [-0.2, -0.15) is 0 Å². The lowest BCUT2D eigenvalue weighted by atomic mass is 10.0. The number of carbonyl (C=O) groups excluding carboxylic acids is 1. The van der Waals surface area contributed by atoms with Crippen LogP contribution in [0.2, 0.25) is 0 Å². The zero-order valence-electron chi connectivity index (χ0n) is 9.67. The molecule has 2 rings (SSSR count). The fourth-order valence-corrected chi connectivity index (χ4v) is 2.31. The minimum Gasteiger partial charge on any atom is -0.343 e. The van der Waals surface area contributed by atoms with Crippen LogP contribution in [-0.2, 0) is 4.79 Å². The molecule has 0 bridgehead atoms. The highest BCUT2D eigenvalue weighted by Gasteiger charge is 2.25. The third-order valence-corrected chi connectivity index (χ3v) is 3.71. The molecule has 1 aliphatic heterocycles. The third kappa shape index (κ3) is 3.20. The Hall–Kier alpha value is -0.570. The second-order valence-corrected chi connectivity index (χ2v) is 4.97. The first kappa shape index (κ1) is 10.9. The maximum Gasteiger partial charge on any atom is 0.222 e. The molecule has 3 nitrogen and oxygen atoms in total. The fourth-order valence-electron chi connectivity index (χ4n) is 2.31. The highest BCUT2D eigenvalue weighted by Crippen LogP contribution is 2.33. The number of hydrogen-bond acceptors (Lipinski definition) is 2. The van der Waals surface area contributed by atoms with Gasteiger partial charge in [0.15, 0.2) is 0 Å². The van der Waals surface area contributed by atoms with Gasteiger partial charge in [-0.05, 0) is 38.3 Å². The summed E-state index contributed by atoms with van der Waals surface area (Å²) >= 11 is 0. The molecule has 0 aromatic heterocycles. The summed E-state index contributed by atoms with van der Waals surface area (Å²) in [5, 5.41) is 3.33. The summed E-state index contributed by atoms with van der Waals surface area (Å²) in [4.78, 5) is 13.9. The Labute approximate surface area is 92.2 Å². The number of carbonyl (C=O) groups is 1. The zero-order chi connectivity index (χ0) is 10.7. The first-order chi connectivity index (χ1) is 7.27. The van der Waals surface area contributed by atoms with Crippen LogP contribution in [0.25, 0.3) is 0 Å². The maximum absolute atomic E-state index is 11.9. The van der Waals surface area contributed by atoms with E-state index in [1.165, 1.54) is 12.8 Å². The summed E-state index contributed by atoms with van der Waals surface area (Å²) in [6.45, 7) is 2.12. The topological polar surface area (TPSA) is 32.3 Å². The molecule has 3 heteroatoms. The van der Waals surface area contributed by atoms with E-state index in [4.69, 9.17) is 0 Å². The number of amides is 1. The van der Waals surface area contributed by atoms with E-state index in [1.54, 1.807) is 0 Å². The molecule has 0 spiro atoms. The van der Waals surface area contributed by atoms with E-state index in [0.29, 0.717) is 11.9 Å². The summed E-state index contributed by atoms with van der Waals surface area (Å²) in [5.41, 5.74) is 0. The third-order valence-electron chi connectivity index (χ3n) is 3.71. The van der Waals surface area contributed by atoms with Crippen LogP contribution in [0.1, 0.15) is 38.5 Å². The van der Waals surface area contributed by atoms with Crippen LogP contribution >= 0.6 is 0 Å². The number of piperidine rings is 1. The highest BCUT2D eigenvalue weighted by molar-refractivity contribution is 5.76. The average Bonchev–Trinajstić information content (AvgIpc) is 3.10. The molecule has 0 aromatic rings. The Balaban J connectivity index is 1.71. The summed E-state index contributed by atoms with van der Waals surface area (Å²) in [6.07, 6.45) is 6.82. The van der Waals surface area contributed by atoms with Crippen molar-refractivity contribution in [1.82, 2.24) is 10.2 Å². The molecule has 1 aliphatic carbocycles. The van der Waals surface area contributed by atoms with Gasteiger partial charge >= 0.3 is 0 Å². The van der Waals surface area contributed by atoms with Crippen LogP contribution in [0.15, 0.2) is 0 Å². The Kier molecular flexibility index (Phi) is 3.62. The van der Waals surface area contributed by atoms with Gasteiger partial charge in [0.25, 0.3) is 0 Å². The molecule has 1 saturated carbocycles. The zero-order valence-corrected chi connectivity index (χ0v) is 9.67. The molecule has 2 aliphatic rings. The lowest BCUT2D eigenvalue weighted by molar-refractivity contribution is -0.132. The molecular formula is C12H22N2O. The predicted molar refractivity (Wildman–Crippen MR) is 60.6 cm³/mol. The molecule has 0 aromatic carbocycles. The summed E-state index contributed by atoms with van der Waals surface area (Å²) in [7, 11) is 1.98. The second-order valence-electron chi connectivity index (χ2n) is 4.97. The van der Waals surface area contributed by atoms with E-state index in [-0.39, 0.29) is 0 Å². The first-order valence-corrected chi connectivity index (χ1v) is 6.24. The largest absolute Gasteiger partial charge is 0.343 e. The van der Waals surface area contributed by atoms with Crippen molar-refractivity contribution in [3.63, 3.8) is 0 Å². The molecule has 1 N–H and O–H groups in total. The van der Waals surface area contributed by atoms with E-state index < -0.39 is 0 Å². The fraction of sp³-hybridized carbons (Fsp3) is 0.917. The molecule has 1 saturated heterocycles. The van der Waals surface area contributed by atoms with Crippen molar-refractivity contribution in [1.29, 1.82) is 0 Å². The summed E-state index contributed by atoms with van der Waals surface area (Å²) in [5.74, 6) is 1.23. The molecule has 86 valence electrons. The predicted octanol–water partition coefficient (Wildman–Crippen LogP) is 1.39. The van der Waals surface area contributed by atoms with E-state index in [1.807, 2.05) is 11.9 Å². The van der Waals surface area contributed by atoms with Gasteiger partial charge in [-0.15, -0.1) is 0 Å². The van der Waals surface area contributed by atoms with Gasteiger partial charge in [-0.3, -0.25) is 4.79 Å². The molecule has 0 radical (unpaired) electrons. The van der Waals surface area contributed by atoms with Crippen molar-refractivity contribution < 1.29 is 4.79 Å². The number of rotatable bonds is 4. The van der Waals surface area contributed by atoms with Crippen molar-refractivity contribution in [2.45, 2.75) is 44.6 Å². The summed E-state index contributed by atoms with van der Waals surface area (Å²) < 4.78 is 0. The van der Waals surface area contributed by atoms with Gasteiger partial charge in [0.1, 0.15) is 0 Å². The smallest absolute Gasteiger partial charge is 0.222 e. The van der Waals surface area contributed by atoms with Gasteiger partial charge in [0.2, 0.25) is 5.91 Å². The van der Waals surface area contributed by atoms with E-state index in [2.05, 4.69) is 5.32 Å². The SMILES string of the molecule is CN(C(=O)CCC1CC1)C1CCNCC1. The van der Waals surface area contributed by atoms with E-state index >= 15 is 0 Å². The van der Waals surface area contributed by atoms with Crippen molar-refractivity contribution in [3.05, 3.63) is 0 Å². The van der Waals surface area contributed by atoms with Crippen LogP contribution in [0.3, 0.4) is 0 Å². The van der Waals surface area contributed by atoms with Crippen LogP contribution in [0.5, 0.6) is 0 Å². The Morgan fingerprint density at radius 1 is 1.27 bits per heavy atom. The van der Waals surface area contributed by atoms with Crippen LogP contribution < -0.4 is 5.32 Å². The summed E-state index contributed by atoms with van der Waals surface area (Å²) in [6, 6.07) is 0.484. The van der Waals surface area contributed by atoms with Gasteiger partial charge in [0.05, 0.1) is 0 Å². The maximum atomic E-state index is 11.9. The van der Waals surface area contributed by atoms with Crippen LogP contribution in [0, 0.1) is 5.92 Å². The van der Waals surface area contributed by atoms with Crippen LogP contribution in [-0.4, -0.2) is 37.0 Å². The first-order valence-electron chi connectivity index (χ1n) is 6.24. The lowest BCUT2D eigenvalue weighted by Gasteiger charge is -2.31. The van der Waals surface area contributed by atoms with Gasteiger partial charge in [-0.1, -0.05) is 12.8 Å². The lowest BCUT2D eigenvalue weighted by Crippen LogP contribution is -2.43. The van der Waals surface area contributed by atoms with Crippen molar-refractivity contribution in [2.24, 2.45) is 5.92 Å². The normalized spacial score (nSPS) is 22.7. The average molecular weight is 210 g/mol. The van der Waals surface area contributed by atoms with E-state index in [9.17, 15) is 4.79 Å². The van der Waals surface area contributed by atoms with Gasteiger partial charge < -0.3 is 10.2 Å². The Bertz CT molecular complexity index is 220. The van der Waals surface area contributed by atoms with Crippen molar-refractivity contribution in [2.75, 3.05) is 20.1 Å². The molecule has 15 heavy (non-hydrogen) atoms. The minimum atomic E-state index is 0.355. The molecule has 1 heterocycles. The van der Waals surface area contributed by atoms with Gasteiger partial charge in [0, 0.05) is 19.5 Å². The molecule has 2 fully saturated rings. The standard InChI is InChI=1S/C12H22N2O/c1-14(11-6-8-13-9-7-11)12(15)5-4-10-2-3-10/h10-11,13H,2-9H2,1H3. The van der Waals surface area contributed by atoms with E-state index in [0.717, 1.165) is 44.7 Å². The van der Waals surface area contributed by atoms with Crippen LogP contribution in [0.4, 0.5) is 0 Å². The van der Waals surface area contributed by atoms with Gasteiger partial charge in [-0.25, -0.2) is 0 Å². The number of nitrogens with one attached hydrogen (secondary N) is 1. The Morgan fingerprint density at radius 3 is 2.53 bits per heavy atom. The van der Waals surface area contributed by atoms with Crippen molar-refractivity contribution in [3.8, 4) is 0 Å².